The van der Waals surface area contributed by atoms with E-state index in [9.17, 15) is 4.79 Å². The van der Waals surface area contributed by atoms with Crippen LogP contribution in [0, 0.1) is 0 Å². The second-order valence-corrected chi connectivity index (χ2v) is 1.87. The highest BCUT2D eigenvalue weighted by Gasteiger charge is 2.22. The van der Waals surface area contributed by atoms with Crippen molar-refractivity contribution >= 4 is 14.7 Å². The van der Waals surface area contributed by atoms with Gasteiger partial charge in [0.2, 0.25) is 0 Å². The number of hydrogen-bond donors (Lipinski definition) is 4. The van der Waals surface area contributed by atoms with E-state index in [1.807, 2.05) is 0 Å². The van der Waals surface area contributed by atoms with Gasteiger partial charge in [0.15, 0.2) is 6.29 Å². The third-order valence-corrected chi connectivity index (χ3v) is 1.07. The normalized spacial score (nSPS) is 17.8. The van der Waals surface area contributed by atoms with Crippen molar-refractivity contribution in [3.63, 3.8) is 0 Å². The third kappa shape index (κ3) is 4.10. The molecule has 0 heterocycles. The Labute approximate surface area is 65.9 Å². The van der Waals surface area contributed by atoms with E-state index in [0.717, 1.165) is 0 Å². The Morgan fingerprint density at radius 1 is 1.27 bits per heavy atom. The number of rotatable bonds is 4. The first-order chi connectivity index (χ1) is 4.63. The van der Waals surface area contributed by atoms with E-state index in [2.05, 4.69) is 0 Å². The fraction of sp³-hybridized carbons (Fsp3) is 0.800. The number of carbonyl (C=O) groups excluding carboxylic acids is 1. The maximum atomic E-state index is 9.76. The second kappa shape index (κ2) is 6.30. The molecule has 0 spiro atoms. The molecule has 0 unspecified atom stereocenters. The monoisotopic (exact) mass is 161 g/mol. The van der Waals surface area contributed by atoms with Gasteiger partial charge in [-0.25, -0.2) is 0 Å². The van der Waals surface area contributed by atoms with Gasteiger partial charge in [0.25, 0.3) is 0 Å². The lowest BCUT2D eigenvalue weighted by Gasteiger charge is -2.16. The van der Waals surface area contributed by atoms with Gasteiger partial charge in [-0.3, -0.25) is 0 Å². The van der Waals surface area contributed by atoms with Gasteiger partial charge >= 0.3 is 0 Å². The van der Waals surface area contributed by atoms with Crippen molar-refractivity contribution in [1.82, 2.24) is 0 Å². The number of aliphatic hydroxyl groups is 4. The van der Waals surface area contributed by atoms with Crippen LogP contribution < -0.4 is 0 Å². The molecule has 3 radical (unpaired) electrons. The third-order valence-electron chi connectivity index (χ3n) is 1.07. The largest absolute Gasteiger partial charge is 0.394 e. The maximum Gasteiger partial charge on any atom is 0.151 e. The predicted molar refractivity (Wildman–Crippen MR) is 36.9 cm³/mol. The highest BCUT2D eigenvalue weighted by Crippen LogP contribution is 1.96. The highest BCUT2D eigenvalue weighted by atomic mass is 16.4. The van der Waals surface area contributed by atoms with Crippen molar-refractivity contribution < 1.29 is 25.2 Å². The summed E-state index contributed by atoms with van der Waals surface area (Å²) in [6.45, 7) is -0.688. The molecule has 4 N–H and O–H groups in total. The van der Waals surface area contributed by atoms with Crippen molar-refractivity contribution in [2.45, 2.75) is 18.3 Å². The zero-order valence-corrected chi connectivity index (χ0v) is 5.79. The molecule has 0 aliphatic rings. The first kappa shape index (κ1) is 13.2. The topological polar surface area (TPSA) is 98.0 Å². The van der Waals surface area contributed by atoms with E-state index in [4.69, 9.17) is 20.4 Å². The molecule has 0 aliphatic heterocycles. The molecule has 0 bridgehead atoms. The van der Waals surface area contributed by atoms with Crippen LogP contribution in [0.3, 0.4) is 0 Å². The summed E-state index contributed by atoms with van der Waals surface area (Å²) in [4.78, 5) is 9.76. The summed E-state index contributed by atoms with van der Waals surface area (Å²) in [5.74, 6) is 0. The van der Waals surface area contributed by atoms with Crippen LogP contribution in [-0.4, -0.2) is 60.0 Å². The molecule has 63 valence electrons. The molecular formula is C5H10BO5. The quantitative estimate of drug-likeness (QED) is 0.258. The molecule has 0 aromatic rings. The van der Waals surface area contributed by atoms with Crippen molar-refractivity contribution in [2.75, 3.05) is 6.61 Å². The van der Waals surface area contributed by atoms with Gasteiger partial charge in [-0.2, -0.15) is 0 Å². The van der Waals surface area contributed by atoms with Crippen LogP contribution in [-0.2, 0) is 4.79 Å². The molecule has 0 aromatic heterocycles. The molecule has 0 saturated carbocycles. The fourth-order valence-corrected chi connectivity index (χ4v) is 0.416. The Kier molecular flexibility index (Phi) is 7.55. The van der Waals surface area contributed by atoms with Crippen LogP contribution in [0.15, 0.2) is 0 Å². The molecule has 0 aromatic carbocycles. The molecule has 0 saturated heterocycles. The van der Waals surface area contributed by atoms with Crippen molar-refractivity contribution in [3.05, 3.63) is 0 Å². The minimum atomic E-state index is -1.64. The van der Waals surface area contributed by atoms with Gasteiger partial charge in [0, 0.05) is 8.41 Å². The van der Waals surface area contributed by atoms with E-state index in [0.29, 0.717) is 0 Å². The van der Waals surface area contributed by atoms with Crippen molar-refractivity contribution in [1.29, 1.82) is 0 Å². The van der Waals surface area contributed by atoms with Gasteiger partial charge in [-0.05, 0) is 0 Å². The Morgan fingerprint density at radius 3 is 2.00 bits per heavy atom. The molecule has 6 heteroatoms. The Balaban J connectivity index is 0. The summed E-state index contributed by atoms with van der Waals surface area (Å²) in [6.07, 6.45) is -4.63. The molecule has 11 heavy (non-hydrogen) atoms. The number of hydrogen-bond acceptors (Lipinski definition) is 5. The fourth-order valence-electron chi connectivity index (χ4n) is 0.416. The van der Waals surface area contributed by atoms with Crippen LogP contribution in [0.5, 0.6) is 0 Å². The van der Waals surface area contributed by atoms with Crippen LogP contribution in [0.4, 0.5) is 0 Å². The summed E-state index contributed by atoms with van der Waals surface area (Å²) >= 11 is 0. The van der Waals surface area contributed by atoms with Gasteiger partial charge in [0.05, 0.1) is 6.61 Å². The molecule has 5 nitrogen and oxygen atoms in total. The average Bonchev–Trinajstić information content (AvgIpc) is 2.00. The number of aldehydes is 1. The summed E-state index contributed by atoms with van der Waals surface area (Å²) < 4.78 is 0. The van der Waals surface area contributed by atoms with Crippen molar-refractivity contribution in [2.24, 2.45) is 0 Å². The van der Waals surface area contributed by atoms with Crippen LogP contribution in [0.1, 0.15) is 0 Å². The summed E-state index contributed by atoms with van der Waals surface area (Å²) in [6, 6.07) is 0. The van der Waals surface area contributed by atoms with Crippen LogP contribution >= 0.6 is 0 Å². The summed E-state index contributed by atoms with van der Waals surface area (Å²) in [5, 5.41) is 34.1. The molecule has 0 amide bonds. The molecule has 0 rings (SSSR count). The molecule has 0 fully saturated rings. The lowest BCUT2D eigenvalue weighted by Crippen LogP contribution is -2.40. The highest BCUT2D eigenvalue weighted by molar-refractivity contribution is 5.75. The lowest BCUT2D eigenvalue weighted by atomic mass is 10.1. The lowest BCUT2D eigenvalue weighted by molar-refractivity contribution is -0.127. The zero-order chi connectivity index (χ0) is 8.15. The molecular weight excluding hydrogens is 151 g/mol. The van der Waals surface area contributed by atoms with Crippen molar-refractivity contribution in [3.8, 4) is 0 Å². The van der Waals surface area contributed by atoms with E-state index in [1.165, 1.54) is 0 Å². The molecule has 0 aliphatic carbocycles. The Bertz CT molecular complexity index is 109. The number of aliphatic hydroxyl groups excluding tert-OH is 4. The van der Waals surface area contributed by atoms with E-state index >= 15 is 0 Å². The Hall–Kier alpha value is -0.425. The van der Waals surface area contributed by atoms with Gasteiger partial charge < -0.3 is 25.2 Å². The van der Waals surface area contributed by atoms with Gasteiger partial charge in [-0.1, -0.05) is 0 Å². The minimum Gasteiger partial charge on any atom is -0.394 e. The van der Waals surface area contributed by atoms with Gasteiger partial charge in [-0.15, -0.1) is 0 Å². The first-order valence-corrected chi connectivity index (χ1v) is 2.73. The number of carbonyl (C=O) groups is 1. The standard InChI is InChI=1S/C5H10O5.B/c6-1-3(8)5(10)4(9)2-7;/h1,3-5,7-10H,2H2;/t3-,4+,5+;/m0./s1. The SMILES string of the molecule is O=C[C@H](O)[C@@H](O)[C@H](O)CO.[B]. The summed E-state index contributed by atoms with van der Waals surface area (Å²) in [7, 11) is 0. The van der Waals surface area contributed by atoms with Gasteiger partial charge in [0.1, 0.15) is 18.3 Å². The summed E-state index contributed by atoms with van der Waals surface area (Å²) in [5.41, 5.74) is 0. The second-order valence-electron chi connectivity index (χ2n) is 1.87. The average molecular weight is 161 g/mol. The first-order valence-electron chi connectivity index (χ1n) is 2.73. The minimum absolute atomic E-state index is 0. The van der Waals surface area contributed by atoms with E-state index in [-0.39, 0.29) is 14.7 Å². The van der Waals surface area contributed by atoms with E-state index in [1.54, 1.807) is 0 Å². The smallest absolute Gasteiger partial charge is 0.151 e. The predicted octanol–water partition coefficient (Wildman–Crippen LogP) is -3.12. The Morgan fingerprint density at radius 2 is 1.73 bits per heavy atom. The van der Waals surface area contributed by atoms with Crippen LogP contribution in [0.25, 0.3) is 0 Å². The maximum absolute atomic E-state index is 9.76. The van der Waals surface area contributed by atoms with Crippen LogP contribution in [0.2, 0.25) is 0 Å². The zero-order valence-electron chi connectivity index (χ0n) is 5.79. The van der Waals surface area contributed by atoms with E-state index < -0.39 is 24.9 Å². The molecule has 3 atom stereocenters.